The number of aromatic nitrogens is 1. The molecule has 0 spiro atoms. The summed E-state index contributed by atoms with van der Waals surface area (Å²) >= 11 is 0. The highest BCUT2D eigenvalue weighted by atomic mass is 16.6. The number of nitro benzene ring substituents is 1. The normalized spacial score (nSPS) is 12.9. The predicted octanol–water partition coefficient (Wildman–Crippen LogP) is 4.92. The number of hydrogen-bond acceptors (Lipinski definition) is 5. The summed E-state index contributed by atoms with van der Waals surface area (Å²) in [5.74, 6) is -1.37. The van der Waals surface area contributed by atoms with Gasteiger partial charge in [-0.3, -0.25) is 10.1 Å². The van der Waals surface area contributed by atoms with Crippen LogP contribution in [0.15, 0.2) is 91.1 Å². The Balaban J connectivity index is 1.28. The van der Waals surface area contributed by atoms with Crippen LogP contribution in [0.4, 0.5) is 10.5 Å². The number of alkyl carbamates (subject to hydrolysis) is 1. The second kappa shape index (κ2) is 9.98. The first kappa shape index (κ1) is 23.8. The van der Waals surface area contributed by atoms with Crippen molar-refractivity contribution in [3.63, 3.8) is 0 Å². The summed E-state index contributed by atoms with van der Waals surface area (Å²) in [6.07, 6.45) is 0.804. The molecule has 1 aliphatic carbocycles. The molecule has 1 atom stereocenters. The molecule has 0 bridgehead atoms. The number of carboxylic acids is 1. The van der Waals surface area contributed by atoms with Gasteiger partial charge in [-0.2, -0.15) is 0 Å². The van der Waals surface area contributed by atoms with Crippen LogP contribution in [0, 0.1) is 10.1 Å². The van der Waals surface area contributed by atoms with Crippen molar-refractivity contribution < 1.29 is 24.4 Å². The van der Waals surface area contributed by atoms with Crippen LogP contribution >= 0.6 is 0 Å². The average molecular weight is 498 g/mol. The Bertz CT molecular complexity index is 1450. The minimum Gasteiger partial charge on any atom is -0.480 e. The monoisotopic (exact) mass is 497 g/mol. The molecule has 1 aliphatic rings. The van der Waals surface area contributed by atoms with Crippen LogP contribution in [0.5, 0.6) is 0 Å². The van der Waals surface area contributed by atoms with E-state index in [1.807, 2.05) is 48.5 Å². The predicted molar refractivity (Wildman–Crippen MR) is 136 cm³/mol. The molecule has 0 aliphatic heterocycles. The smallest absolute Gasteiger partial charge is 0.407 e. The molecule has 1 aromatic heterocycles. The van der Waals surface area contributed by atoms with Crippen LogP contribution in [0.25, 0.3) is 16.8 Å². The fourth-order valence-corrected chi connectivity index (χ4v) is 4.78. The van der Waals surface area contributed by atoms with Gasteiger partial charge in [0.25, 0.3) is 5.69 Å². The van der Waals surface area contributed by atoms with E-state index in [1.54, 1.807) is 35.0 Å². The molecule has 3 aromatic carbocycles. The van der Waals surface area contributed by atoms with Gasteiger partial charge in [-0.15, -0.1) is 0 Å². The number of aliphatic carboxylic acids is 1. The fraction of sp³-hybridized carbons (Fsp3) is 0.143. The first-order valence-corrected chi connectivity index (χ1v) is 11.7. The molecular formula is C28H23N3O6. The van der Waals surface area contributed by atoms with Gasteiger partial charge in [0.15, 0.2) is 0 Å². The van der Waals surface area contributed by atoms with Gasteiger partial charge in [-0.25, -0.2) is 9.59 Å². The topological polar surface area (TPSA) is 124 Å². The molecule has 0 saturated heterocycles. The molecule has 1 amide bonds. The van der Waals surface area contributed by atoms with Gasteiger partial charge < -0.3 is 19.7 Å². The highest BCUT2D eigenvalue weighted by Crippen LogP contribution is 2.44. The summed E-state index contributed by atoms with van der Waals surface area (Å²) in [5, 5.41) is 23.4. The molecule has 186 valence electrons. The van der Waals surface area contributed by atoms with Crippen molar-refractivity contribution in [1.82, 2.24) is 9.88 Å². The molecule has 0 radical (unpaired) electrons. The molecule has 4 aromatic rings. The fourth-order valence-electron chi connectivity index (χ4n) is 4.78. The van der Waals surface area contributed by atoms with E-state index in [0.717, 1.165) is 22.3 Å². The molecule has 9 nitrogen and oxygen atoms in total. The number of hydrogen-bond donors (Lipinski definition) is 2. The summed E-state index contributed by atoms with van der Waals surface area (Å²) in [7, 11) is 0. The third-order valence-corrected chi connectivity index (χ3v) is 6.50. The zero-order chi connectivity index (χ0) is 25.9. The van der Waals surface area contributed by atoms with E-state index >= 15 is 0 Å². The standard InChI is InChI=1S/C28H23N3O6/c32-27(33)26(16-19-9-6-14-30(19)18-7-5-8-20(15-18)31(35)36)29-28(34)37-17-25-23-12-3-1-10-21(23)22-11-2-4-13-24(22)25/h1-15,25-26H,16-17H2,(H,29,34)(H,32,33). The number of amides is 1. The lowest BCUT2D eigenvalue weighted by Gasteiger charge is -2.18. The van der Waals surface area contributed by atoms with Crippen LogP contribution in [0.3, 0.4) is 0 Å². The van der Waals surface area contributed by atoms with E-state index in [2.05, 4.69) is 5.32 Å². The first-order chi connectivity index (χ1) is 17.9. The minimum absolute atomic E-state index is 0.0464. The maximum atomic E-state index is 12.7. The molecule has 37 heavy (non-hydrogen) atoms. The minimum atomic E-state index is -1.26. The van der Waals surface area contributed by atoms with Crippen LogP contribution in [-0.2, 0) is 16.0 Å². The lowest BCUT2D eigenvalue weighted by molar-refractivity contribution is -0.384. The summed E-state index contributed by atoms with van der Waals surface area (Å²) in [6, 6.07) is 24.1. The highest BCUT2D eigenvalue weighted by molar-refractivity contribution is 5.81. The Kier molecular flexibility index (Phi) is 6.42. The second-order valence-electron chi connectivity index (χ2n) is 8.71. The number of fused-ring (bicyclic) bond motifs is 3. The number of rotatable bonds is 8. The molecule has 1 unspecified atom stereocenters. The SMILES string of the molecule is O=C(NC(Cc1cccn1-c1cccc([N+](=O)[O-])c1)C(=O)O)OCC1c2ccccc2-c2ccccc21. The van der Waals surface area contributed by atoms with E-state index in [4.69, 9.17) is 4.74 Å². The van der Waals surface area contributed by atoms with Crippen LogP contribution in [0.2, 0.25) is 0 Å². The van der Waals surface area contributed by atoms with Crippen molar-refractivity contribution in [2.24, 2.45) is 0 Å². The van der Waals surface area contributed by atoms with Crippen molar-refractivity contribution in [2.75, 3.05) is 6.61 Å². The lowest BCUT2D eigenvalue weighted by atomic mass is 9.98. The number of benzene rings is 3. The average Bonchev–Trinajstić information content (AvgIpc) is 3.49. The first-order valence-electron chi connectivity index (χ1n) is 11.7. The van der Waals surface area contributed by atoms with E-state index in [0.29, 0.717) is 11.4 Å². The van der Waals surface area contributed by atoms with Gasteiger partial charge in [-0.1, -0.05) is 54.6 Å². The molecule has 5 rings (SSSR count). The Morgan fingerprint density at radius 3 is 2.30 bits per heavy atom. The van der Waals surface area contributed by atoms with Crippen LogP contribution < -0.4 is 5.32 Å². The van der Waals surface area contributed by atoms with Crippen LogP contribution in [-0.4, -0.2) is 39.3 Å². The summed E-state index contributed by atoms with van der Waals surface area (Å²) in [5.41, 5.74) is 5.30. The Morgan fingerprint density at radius 1 is 0.973 bits per heavy atom. The van der Waals surface area contributed by atoms with E-state index in [1.165, 1.54) is 12.1 Å². The number of ether oxygens (including phenoxy) is 1. The van der Waals surface area contributed by atoms with Gasteiger partial charge in [0.2, 0.25) is 0 Å². The van der Waals surface area contributed by atoms with Gasteiger partial charge in [0.1, 0.15) is 12.6 Å². The number of nitrogens with one attached hydrogen (secondary N) is 1. The third kappa shape index (κ3) is 4.79. The zero-order valence-electron chi connectivity index (χ0n) is 19.6. The Morgan fingerprint density at radius 2 is 1.65 bits per heavy atom. The van der Waals surface area contributed by atoms with Crippen molar-refractivity contribution in [2.45, 2.75) is 18.4 Å². The van der Waals surface area contributed by atoms with Crippen LogP contribution in [0.1, 0.15) is 22.7 Å². The van der Waals surface area contributed by atoms with Gasteiger partial charge in [-0.05, 0) is 40.5 Å². The van der Waals surface area contributed by atoms with Crippen molar-refractivity contribution >= 4 is 17.7 Å². The van der Waals surface area contributed by atoms with E-state index in [9.17, 15) is 24.8 Å². The number of carbonyl (C=O) groups is 2. The number of carboxylic acid groups (broad SMARTS) is 1. The van der Waals surface area contributed by atoms with Gasteiger partial charge >= 0.3 is 12.1 Å². The number of nitrogens with zero attached hydrogens (tertiary/aromatic N) is 2. The quantitative estimate of drug-likeness (QED) is 0.263. The van der Waals surface area contributed by atoms with Gasteiger partial charge in [0, 0.05) is 36.4 Å². The third-order valence-electron chi connectivity index (χ3n) is 6.50. The molecule has 1 heterocycles. The summed E-state index contributed by atoms with van der Waals surface area (Å²) in [4.78, 5) is 35.3. The molecular weight excluding hydrogens is 474 g/mol. The molecule has 0 saturated carbocycles. The van der Waals surface area contributed by atoms with E-state index < -0.39 is 23.0 Å². The zero-order valence-corrected chi connectivity index (χ0v) is 19.6. The van der Waals surface area contributed by atoms with Crippen molar-refractivity contribution in [1.29, 1.82) is 0 Å². The highest BCUT2D eigenvalue weighted by Gasteiger charge is 2.30. The Hall–Kier alpha value is -4.92. The number of carbonyl (C=O) groups excluding carboxylic acids is 1. The van der Waals surface area contributed by atoms with Crippen molar-refractivity contribution in [3.05, 3.63) is 118 Å². The largest absolute Gasteiger partial charge is 0.480 e. The maximum Gasteiger partial charge on any atom is 0.407 e. The molecule has 0 fully saturated rings. The molecule has 9 heteroatoms. The number of nitro groups is 1. The Labute approximate surface area is 212 Å². The van der Waals surface area contributed by atoms with E-state index in [-0.39, 0.29) is 24.6 Å². The number of non-ortho nitro benzene ring substituents is 1. The van der Waals surface area contributed by atoms with Crippen molar-refractivity contribution in [3.8, 4) is 16.8 Å². The maximum absolute atomic E-state index is 12.7. The lowest BCUT2D eigenvalue weighted by Crippen LogP contribution is -2.43. The molecule has 2 N–H and O–H groups in total. The second-order valence-corrected chi connectivity index (χ2v) is 8.71. The van der Waals surface area contributed by atoms with Gasteiger partial charge in [0.05, 0.1) is 10.6 Å². The summed E-state index contributed by atoms with van der Waals surface area (Å²) < 4.78 is 7.16. The summed E-state index contributed by atoms with van der Waals surface area (Å²) in [6.45, 7) is 0.0657.